The normalized spacial score (nSPS) is 42.1. The Morgan fingerprint density at radius 3 is 2.47 bits per heavy atom. The summed E-state index contributed by atoms with van der Waals surface area (Å²) in [5, 5.41) is 40.3. The quantitative estimate of drug-likeness (QED) is 0.261. The Kier molecular flexibility index (Phi) is 8.75. The van der Waals surface area contributed by atoms with Crippen LogP contribution in [0, 0.1) is 28.6 Å². The molecule has 0 aromatic rings. The summed E-state index contributed by atoms with van der Waals surface area (Å²) in [7, 11) is 0. The lowest BCUT2D eigenvalue weighted by Crippen LogP contribution is -2.69. The number of rotatable bonds is 7. The van der Waals surface area contributed by atoms with Gasteiger partial charge in [0.05, 0.1) is 6.10 Å². The number of hydrogen-bond acceptors (Lipinski definition) is 8. The molecule has 0 aromatic carbocycles. The van der Waals surface area contributed by atoms with E-state index in [2.05, 4.69) is 0 Å². The zero-order chi connectivity index (χ0) is 28.7. The monoisotopic (exact) mass is 538 g/mol. The maximum atomic E-state index is 16.9. The van der Waals surface area contributed by atoms with Crippen molar-refractivity contribution in [2.24, 2.45) is 40.1 Å². The highest BCUT2D eigenvalue weighted by Crippen LogP contribution is 2.70. The van der Waals surface area contributed by atoms with Crippen molar-refractivity contribution < 1.29 is 39.2 Å². The highest BCUT2D eigenvalue weighted by atomic mass is 19.1. The van der Waals surface area contributed by atoms with Gasteiger partial charge >= 0.3 is 5.97 Å². The van der Waals surface area contributed by atoms with Crippen LogP contribution in [-0.2, 0) is 14.4 Å². The van der Waals surface area contributed by atoms with Crippen molar-refractivity contribution in [2.75, 3.05) is 13.2 Å². The molecule has 0 amide bonds. The van der Waals surface area contributed by atoms with Gasteiger partial charge in [0.2, 0.25) is 0 Å². The number of hydrogen-bond donors (Lipinski definition) is 6. The molecule has 38 heavy (non-hydrogen) atoms. The number of carbonyl (C=O) groups is 3. The predicted octanol–water partition coefficient (Wildman–Crippen LogP) is 1.42. The van der Waals surface area contributed by atoms with Crippen LogP contribution < -0.4 is 11.5 Å². The molecule has 3 saturated carbocycles. The first-order valence-electron chi connectivity index (χ1n) is 13.5. The SMILES string of the molecule is C[C@@H]1C[C@H]2[C@@H]3CCC4=CC(=O)C=C[C@]4(C)[C@@]3(F)[C@@H](O)C[C@]2(C)[C@@]1(O)C(=O)CO.NCCCCC(N)C(=O)O. The van der Waals surface area contributed by atoms with Crippen molar-refractivity contribution in [3.05, 3.63) is 23.8 Å². The zero-order valence-corrected chi connectivity index (χ0v) is 22.5. The average molecular weight is 539 g/mol. The number of alkyl halides is 1. The summed E-state index contributed by atoms with van der Waals surface area (Å²) in [6, 6.07) is -0.716. The fourth-order valence-corrected chi connectivity index (χ4v) is 7.89. The number of unbranched alkanes of at least 4 members (excludes halogenated alkanes) is 1. The molecule has 4 aliphatic carbocycles. The molecule has 9 atom stereocenters. The molecule has 8 N–H and O–H groups in total. The number of carboxylic acid groups (broad SMARTS) is 1. The number of aliphatic hydroxyl groups is 3. The van der Waals surface area contributed by atoms with Crippen LogP contribution in [0.15, 0.2) is 23.8 Å². The van der Waals surface area contributed by atoms with Gasteiger partial charge in [0, 0.05) is 16.7 Å². The van der Waals surface area contributed by atoms with Gasteiger partial charge in [0.25, 0.3) is 0 Å². The first-order chi connectivity index (χ1) is 17.6. The van der Waals surface area contributed by atoms with Crippen molar-refractivity contribution in [3.63, 3.8) is 0 Å². The van der Waals surface area contributed by atoms with E-state index in [1.165, 1.54) is 12.2 Å². The van der Waals surface area contributed by atoms with Gasteiger partial charge in [-0.1, -0.05) is 31.9 Å². The first-order valence-corrected chi connectivity index (χ1v) is 13.5. The van der Waals surface area contributed by atoms with Crippen LogP contribution in [0.3, 0.4) is 0 Å². The Bertz CT molecular complexity index is 1020. The maximum absolute atomic E-state index is 16.9. The van der Waals surface area contributed by atoms with E-state index in [9.17, 15) is 29.7 Å². The Morgan fingerprint density at radius 2 is 1.89 bits per heavy atom. The molecule has 214 valence electrons. The number of carboxylic acids is 1. The van der Waals surface area contributed by atoms with Crippen LogP contribution in [-0.4, -0.2) is 74.5 Å². The molecular formula is C28H43FN2O7. The Morgan fingerprint density at radius 1 is 1.24 bits per heavy atom. The third kappa shape index (κ3) is 4.48. The molecule has 0 aromatic heterocycles. The van der Waals surface area contributed by atoms with E-state index in [0.717, 1.165) is 12.8 Å². The smallest absolute Gasteiger partial charge is 0.320 e. The van der Waals surface area contributed by atoms with Crippen LogP contribution in [0.4, 0.5) is 4.39 Å². The highest BCUT2D eigenvalue weighted by molar-refractivity contribution is 6.01. The molecule has 0 aliphatic heterocycles. The predicted molar refractivity (Wildman–Crippen MR) is 138 cm³/mol. The number of aliphatic carboxylic acids is 1. The molecule has 3 fully saturated rings. The van der Waals surface area contributed by atoms with Gasteiger partial charge in [0.1, 0.15) is 18.2 Å². The second kappa shape index (κ2) is 10.9. The van der Waals surface area contributed by atoms with Crippen LogP contribution in [0.1, 0.15) is 65.7 Å². The first kappa shape index (κ1) is 30.6. The molecule has 0 spiro atoms. The largest absolute Gasteiger partial charge is 0.480 e. The van der Waals surface area contributed by atoms with Crippen molar-refractivity contribution >= 4 is 17.5 Å². The second-order valence-electron chi connectivity index (χ2n) is 12.0. The number of ketones is 2. The Hall–Kier alpha value is -1.98. The zero-order valence-electron chi connectivity index (χ0n) is 22.5. The second-order valence-corrected chi connectivity index (χ2v) is 12.0. The number of halogens is 1. The topological polar surface area (TPSA) is 184 Å². The minimum absolute atomic E-state index is 0.0676. The summed E-state index contributed by atoms with van der Waals surface area (Å²) in [4.78, 5) is 34.5. The minimum Gasteiger partial charge on any atom is -0.480 e. The molecule has 4 rings (SSSR count). The number of carbonyl (C=O) groups excluding carboxylic acids is 2. The molecular weight excluding hydrogens is 495 g/mol. The van der Waals surface area contributed by atoms with Gasteiger partial charge in [-0.05, 0) is 76.0 Å². The van der Waals surface area contributed by atoms with Crippen LogP contribution in [0.2, 0.25) is 0 Å². The fourth-order valence-electron chi connectivity index (χ4n) is 7.89. The molecule has 1 unspecified atom stereocenters. The summed E-state index contributed by atoms with van der Waals surface area (Å²) in [5.41, 5.74) is 5.25. The van der Waals surface area contributed by atoms with E-state index in [0.29, 0.717) is 37.8 Å². The maximum Gasteiger partial charge on any atom is 0.320 e. The van der Waals surface area contributed by atoms with Crippen LogP contribution in [0.25, 0.3) is 0 Å². The van der Waals surface area contributed by atoms with Crippen molar-refractivity contribution in [2.45, 2.75) is 89.1 Å². The Labute approximate surface area is 223 Å². The third-order valence-electron chi connectivity index (χ3n) is 10.1. The summed E-state index contributed by atoms with van der Waals surface area (Å²) in [6.07, 6.45) is 6.60. The molecule has 0 bridgehead atoms. The lowest BCUT2D eigenvalue weighted by molar-refractivity contribution is -0.219. The van der Waals surface area contributed by atoms with E-state index in [4.69, 9.17) is 16.6 Å². The van der Waals surface area contributed by atoms with Crippen molar-refractivity contribution in [3.8, 4) is 0 Å². The van der Waals surface area contributed by atoms with Gasteiger partial charge in [-0.25, -0.2) is 4.39 Å². The Balaban J connectivity index is 0.000000342. The highest BCUT2D eigenvalue weighted by Gasteiger charge is 2.75. The van der Waals surface area contributed by atoms with E-state index in [-0.39, 0.29) is 18.1 Å². The average Bonchev–Trinajstić information content (AvgIpc) is 3.06. The van der Waals surface area contributed by atoms with Gasteiger partial charge in [-0.3, -0.25) is 14.4 Å². The van der Waals surface area contributed by atoms with E-state index < -0.39 is 64.4 Å². The van der Waals surface area contributed by atoms with Gasteiger partial charge in [0.15, 0.2) is 17.2 Å². The fraction of sp³-hybridized carbons (Fsp3) is 0.750. The van der Waals surface area contributed by atoms with Crippen molar-refractivity contribution in [1.29, 1.82) is 0 Å². The summed E-state index contributed by atoms with van der Waals surface area (Å²) >= 11 is 0. The molecule has 0 radical (unpaired) electrons. The summed E-state index contributed by atoms with van der Waals surface area (Å²) < 4.78 is 16.9. The molecule has 0 saturated heterocycles. The minimum atomic E-state index is -1.98. The van der Waals surface area contributed by atoms with Gasteiger partial charge in [-0.15, -0.1) is 0 Å². The van der Waals surface area contributed by atoms with Gasteiger partial charge in [-0.2, -0.15) is 0 Å². The number of aliphatic hydroxyl groups excluding tert-OH is 2. The molecule has 0 heterocycles. The van der Waals surface area contributed by atoms with E-state index >= 15 is 4.39 Å². The van der Waals surface area contributed by atoms with Crippen LogP contribution in [0.5, 0.6) is 0 Å². The van der Waals surface area contributed by atoms with E-state index in [1.807, 2.05) is 0 Å². The molecule has 4 aliphatic rings. The number of Topliss-reactive ketones (excluding diaryl/α,β-unsaturated/α-hetero) is 1. The lowest BCUT2D eigenvalue weighted by atomic mass is 9.44. The third-order valence-corrected chi connectivity index (χ3v) is 10.1. The standard InChI is InChI=1S/C22H29FO5.C6H14N2O2/c1-12-8-16-15-5-4-13-9-14(25)6-7-19(13,2)21(15,23)17(26)10-20(16,3)22(12,28)18(27)11-24;7-4-2-1-3-5(8)6(9)10/h6-7,9,12,15-17,24,26,28H,4-5,8,10-11H2,1-3H3;5H,1-4,7-8H2,(H,9,10)/t12-,15+,16+,17+,19+,20+,21+,22+;/m1./s1. The number of nitrogens with two attached hydrogens (primary N) is 2. The van der Waals surface area contributed by atoms with Crippen LogP contribution >= 0.6 is 0 Å². The van der Waals surface area contributed by atoms with E-state index in [1.54, 1.807) is 26.8 Å². The molecule has 9 nitrogen and oxygen atoms in total. The number of allylic oxidation sites excluding steroid dienone is 4. The summed E-state index contributed by atoms with van der Waals surface area (Å²) in [5.74, 6) is -3.05. The lowest BCUT2D eigenvalue weighted by Gasteiger charge is -2.62. The number of fused-ring (bicyclic) bond motifs is 5. The van der Waals surface area contributed by atoms with Gasteiger partial charge < -0.3 is 31.9 Å². The van der Waals surface area contributed by atoms with Crippen molar-refractivity contribution in [1.82, 2.24) is 0 Å². The molecule has 10 heteroatoms. The summed E-state index contributed by atoms with van der Waals surface area (Å²) in [6.45, 7) is 5.08.